The molecule has 1 N–H and O–H groups in total. The normalized spacial score (nSPS) is 11.4. The quantitative estimate of drug-likeness (QED) is 0.762. The first-order chi connectivity index (χ1) is 8.61. The molecule has 0 aromatic carbocycles. The molecule has 4 nitrogen and oxygen atoms in total. The minimum absolute atomic E-state index is 0.303. The van der Waals surface area contributed by atoms with E-state index in [-0.39, 0.29) is 0 Å². The molecule has 0 unspecified atom stereocenters. The minimum Gasteiger partial charge on any atom is -0.377 e. The number of ether oxygens (including phenoxy) is 1. The van der Waals surface area contributed by atoms with Crippen LogP contribution in [-0.2, 0) is 17.8 Å². The van der Waals surface area contributed by atoms with Crippen LogP contribution in [0.25, 0.3) is 0 Å². The number of aromatic nitrogens is 1. The fourth-order valence-electron chi connectivity index (χ4n) is 1.66. The number of pyridine rings is 1. The first-order valence-electron chi connectivity index (χ1n) is 6.50. The largest absolute Gasteiger partial charge is 0.377 e. The van der Waals surface area contributed by atoms with Gasteiger partial charge in [0.1, 0.15) is 0 Å². The summed E-state index contributed by atoms with van der Waals surface area (Å²) in [6.45, 7) is 7.54. The van der Waals surface area contributed by atoms with Crippen molar-refractivity contribution in [2.24, 2.45) is 0 Å². The Balaban J connectivity index is 2.32. The lowest BCUT2D eigenvalue weighted by Crippen LogP contribution is -2.24. The Hall–Kier alpha value is -0.970. The van der Waals surface area contributed by atoms with E-state index in [1.807, 2.05) is 13.2 Å². The predicted octanol–water partition coefficient (Wildman–Crippen LogP) is 1.66. The molecule has 0 aliphatic rings. The molecule has 102 valence electrons. The molecule has 0 bridgehead atoms. The molecular formula is C14H25N3O. The lowest BCUT2D eigenvalue weighted by Gasteiger charge is -2.17. The fourth-order valence-corrected chi connectivity index (χ4v) is 1.66. The minimum atomic E-state index is 0.303. The summed E-state index contributed by atoms with van der Waals surface area (Å²) in [6.07, 6.45) is 2.24. The molecule has 4 heteroatoms. The molecule has 0 fully saturated rings. The van der Waals surface area contributed by atoms with Crippen LogP contribution in [0.15, 0.2) is 18.3 Å². The van der Waals surface area contributed by atoms with E-state index in [0.717, 1.165) is 31.9 Å². The maximum absolute atomic E-state index is 5.53. The summed E-state index contributed by atoms with van der Waals surface area (Å²) in [4.78, 5) is 6.68. The number of rotatable bonds is 8. The van der Waals surface area contributed by atoms with Crippen LogP contribution in [0.2, 0.25) is 0 Å². The molecule has 0 radical (unpaired) electrons. The van der Waals surface area contributed by atoms with E-state index in [1.54, 1.807) is 0 Å². The summed E-state index contributed by atoms with van der Waals surface area (Å²) in [6, 6.07) is 4.21. The molecule has 1 aromatic heterocycles. The van der Waals surface area contributed by atoms with Crippen molar-refractivity contribution in [2.75, 3.05) is 27.2 Å². The van der Waals surface area contributed by atoms with Crippen molar-refractivity contribution >= 4 is 0 Å². The number of hydrogen-bond acceptors (Lipinski definition) is 4. The first kappa shape index (κ1) is 15.1. The molecule has 1 aromatic rings. The zero-order valence-corrected chi connectivity index (χ0v) is 11.9. The van der Waals surface area contributed by atoms with E-state index in [0.29, 0.717) is 6.10 Å². The summed E-state index contributed by atoms with van der Waals surface area (Å²) in [5.41, 5.74) is 2.31. The van der Waals surface area contributed by atoms with Gasteiger partial charge in [0.2, 0.25) is 0 Å². The van der Waals surface area contributed by atoms with Crippen molar-refractivity contribution in [3.05, 3.63) is 29.6 Å². The molecule has 0 spiro atoms. The number of nitrogens with zero attached hydrogens (tertiary/aromatic N) is 2. The topological polar surface area (TPSA) is 37.4 Å². The second kappa shape index (κ2) is 8.19. The average Bonchev–Trinajstić information content (AvgIpc) is 2.31. The van der Waals surface area contributed by atoms with Crippen molar-refractivity contribution < 1.29 is 4.74 Å². The van der Waals surface area contributed by atoms with Gasteiger partial charge in [0.25, 0.3) is 0 Å². The van der Waals surface area contributed by atoms with Crippen molar-refractivity contribution in [1.29, 1.82) is 0 Å². The molecule has 0 saturated heterocycles. The van der Waals surface area contributed by atoms with Gasteiger partial charge < -0.3 is 10.1 Å². The van der Waals surface area contributed by atoms with Crippen molar-refractivity contribution in [3.8, 4) is 0 Å². The molecule has 0 aliphatic carbocycles. The highest BCUT2D eigenvalue weighted by Crippen LogP contribution is 2.03. The van der Waals surface area contributed by atoms with Crippen molar-refractivity contribution in [2.45, 2.75) is 33.0 Å². The van der Waals surface area contributed by atoms with Crippen LogP contribution in [0.4, 0.5) is 0 Å². The predicted molar refractivity (Wildman–Crippen MR) is 74.4 cm³/mol. The van der Waals surface area contributed by atoms with Crippen LogP contribution in [0, 0.1) is 0 Å². The number of nitrogens with one attached hydrogen (secondary N) is 1. The Morgan fingerprint density at radius 1 is 1.39 bits per heavy atom. The molecular weight excluding hydrogens is 226 g/mol. The van der Waals surface area contributed by atoms with E-state index in [1.165, 1.54) is 5.56 Å². The SMILES string of the molecule is CNCc1ccc(CN(C)CCOC(C)C)nc1. The fraction of sp³-hybridized carbons (Fsp3) is 0.643. The Labute approximate surface area is 110 Å². The summed E-state index contributed by atoms with van der Waals surface area (Å²) < 4.78 is 5.53. The lowest BCUT2D eigenvalue weighted by atomic mass is 10.2. The second-order valence-corrected chi connectivity index (χ2v) is 4.85. The summed E-state index contributed by atoms with van der Waals surface area (Å²) in [5.74, 6) is 0. The van der Waals surface area contributed by atoms with Gasteiger partial charge in [-0.15, -0.1) is 0 Å². The zero-order chi connectivity index (χ0) is 13.4. The highest BCUT2D eigenvalue weighted by atomic mass is 16.5. The first-order valence-corrected chi connectivity index (χ1v) is 6.50. The van der Waals surface area contributed by atoms with Crippen LogP contribution in [0.5, 0.6) is 0 Å². The monoisotopic (exact) mass is 251 g/mol. The molecule has 1 heterocycles. The van der Waals surface area contributed by atoms with Crippen molar-refractivity contribution in [1.82, 2.24) is 15.2 Å². The zero-order valence-electron chi connectivity index (χ0n) is 11.9. The highest BCUT2D eigenvalue weighted by molar-refractivity contribution is 5.13. The number of hydrogen-bond donors (Lipinski definition) is 1. The molecule has 0 amide bonds. The van der Waals surface area contributed by atoms with Gasteiger partial charge >= 0.3 is 0 Å². The summed E-state index contributed by atoms with van der Waals surface area (Å²) in [7, 11) is 4.03. The maximum atomic E-state index is 5.53. The van der Waals surface area contributed by atoms with E-state index < -0.39 is 0 Å². The Bertz CT molecular complexity index is 324. The molecule has 18 heavy (non-hydrogen) atoms. The molecule has 0 saturated carbocycles. The molecule has 1 rings (SSSR count). The van der Waals surface area contributed by atoms with E-state index >= 15 is 0 Å². The van der Waals surface area contributed by atoms with Gasteiger partial charge in [0.05, 0.1) is 18.4 Å². The average molecular weight is 251 g/mol. The van der Waals surface area contributed by atoms with Crippen molar-refractivity contribution in [3.63, 3.8) is 0 Å². The van der Waals surface area contributed by atoms with Crippen LogP contribution >= 0.6 is 0 Å². The summed E-state index contributed by atoms with van der Waals surface area (Å²) in [5, 5.41) is 3.12. The van der Waals surface area contributed by atoms with E-state index in [2.05, 4.69) is 48.2 Å². The van der Waals surface area contributed by atoms with Crippen LogP contribution < -0.4 is 5.32 Å². The maximum Gasteiger partial charge on any atom is 0.0596 e. The third-order valence-electron chi connectivity index (χ3n) is 2.62. The Kier molecular flexibility index (Phi) is 6.86. The van der Waals surface area contributed by atoms with Crippen LogP contribution in [-0.4, -0.2) is 43.2 Å². The third-order valence-corrected chi connectivity index (χ3v) is 2.62. The second-order valence-electron chi connectivity index (χ2n) is 4.85. The van der Waals surface area contributed by atoms with Gasteiger partial charge in [-0.25, -0.2) is 0 Å². The number of likely N-dealkylation sites (N-methyl/N-ethyl adjacent to an activating group) is 1. The van der Waals surface area contributed by atoms with Gasteiger partial charge in [-0.3, -0.25) is 9.88 Å². The smallest absolute Gasteiger partial charge is 0.0596 e. The third kappa shape index (κ3) is 6.10. The van der Waals surface area contributed by atoms with Gasteiger partial charge in [-0.05, 0) is 39.6 Å². The Morgan fingerprint density at radius 2 is 2.17 bits per heavy atom. The van der Waals surface area contributed by atoms with E-state index in [9.17, 15) is 0 Å². The van der Waals surface area contributed by atoms with Gasteiger partial charge in [0, 0.05) is 25.8 Å². The standard InChI is InChI=1S/C14H25N3O/c1-12(2)18-8-7-17(4)11-14-6-5-13(9-15-3)10-16-14/h5-6,10,12,15H,7-9,11H2,1-4H3. The Morgan fingerprint density at radius 3 is 2.72 bits per heavy atom. The van der Waals surface area contributed by atoms with Gasteiger partial charge in [-0.1, -0.05) is 6.07 Å². The van der Waals surface area contributed by atoms with Gasteiger partial charge in [0.15, 0.2) is 0 Å². The molecule has 0 atom stereocenters. The molecule has 0 aliphatic heterocycles. The van der Waals surface area contributed by atoms with Gasteiger partial charge in [-0.2, -0.15) is 0 Å². The summed E-state index contributed by atoms with van der Waals surface area (Å²) >= 11 is 0. The lowest BCUT2D eigenvalue weighted by molar-refractivity contribution is 0.0625. The van der Waals surface area contributed by atoms with E-state index in [4.69, 9.17) is 4.74 Å². The van der Waals surface area contributed by atoms with Crippen LogP contribution in [0.1, 0.15) is 25.1 Å². The highest BCUT2D eigenvalue weighted by Gasteiger charge is 2.02. The van der Waals surface area contributed by atoms with Crippen LogP contribution in [0.3, 0.4) is 0 Å².